The lowest BCUT2D eigenvalue weighted by Crippen LogP contribution is -2.35. The topological polar surface area (TPSA) is 21.3 Å². The van der Waals surface area contributed by atoms with Crippen LogP contribution in [0.1, 0.15) is 31.9 Å². The summed E-state index contributed by atoms with van der Waals surface area (Å²) in [6, 6.07) is 8.52. The van der Waals surface area contributed by atoms with Gasteiger partial charge in [-0.3, -0.25) is 0 Å². The second-order valence-electron chi connectivity index (χ2n) is 4.85. The summed E-state index contributed by atoms with van der Waals surface area (Å²) in [5.74, 6) is 0. The van der Waals surface area contributed by atoms with E-state index in [-0.39, 0.29) is 5.54 Å². The van der Waals surface area contributed by atoms with Crippen molar-refractivity contribution in [2.24, 2.45) is 0 Å². The van der Waals surface area contributed by atoms with Crippen molar-refractivity contribution in [3.05, 3.63) is 35.4 Å². The molecule has 0 atom stereocenters. The normalized spacial score (nSPS) is 11.7. The molecule has 1 rings (SSSR count). The predicted molar refractivity (Wildman–Crippen MR) is 63.7 cm³/mol. The van der Waals surface area contributed by atoms with Crippen LogP contribution in [0, 0.1) is 0 Å². The Kier molecular flexibility index (Phi) is 4.30. The molecule has 0 aliphatic carbocycles. The SMILES string of the molecule is COCc1ccc(CNC(C)(C)C)cc1. The van der Waals surface area contributed by atoms with E-state index in [9.17, 15) is 0 Å². The first-order valence-electron chi connectivity index (χ1n) is 5.33. The van der Waals surface area contributed by atoms with Crippen LogP contribution in [0.25, 0.3) is 0 Å². The summed E-state index contributed by atoms with van der Waals surface area (Å²) < 4.78 is 5.07. The molecule has 0 saturated heterocycles. The van der Waals surface area contributed by atoms with Crippen LogP contribution in [0.2, 0.25) is 0 Å². The molecule has 0 unspecified atom stereocenters. The van der Waals surface area contributed by atoms with Crippen LogP contribution in [0.3, 0.4) is 0 Å². The molecule has 15 heavy (non-hydrogen) atoms. The van der Waals surface area contributed by atoms with Crippen molar-refractivity contribution in [1.29, 1.82) is 0 Å². The second kappa shape index (κ2) is 5.29. The quantitative estimate of drug-likeness (QED) is 0.819. The van der Waals surface area contributed by atoms with Gasteiger partial charge in [-0.2, -0.15) is 0 Å². The van der Waals surface area contributed by atoms with Crippen LogP contribution < -0.4 is 5.32 Å². The highest BCUT2D eigenvalue weighted by Gasteiger charge is 2.07. The molecule has 0 aliphatic rings. The van der Waals surface area contributed by atoms with E-state index in [1.165, 1.54) is 11.1 Å². The monoisotopic (exact) mass is 207 g/mol. The molecule has 0 saturated carbocycles. The number of hydrogen-bond donors (Lipinski definition) is 1. The number of ether oxygens (including phenoxy) is 1. The van der Waals surface area contributed by atoms with Crippen LogP contribution in [0.4, 0.5) is 0 Å². The highest BCUT2D eigenvalue weighted by Crippen LogP contribution is 2.07. The number of methoxy groups -OCH3 is 1. The molecule has 0 amide bonds. The van der Waals surface area contributed by atoms with E-state index in [1.54, 1.807) is 7.11 Å². The second-order valence-corrected chi connectivity index (χ2v) is 4.85. The van der Waals surface area contributed by atoms with Gasteiger partial charge in [-0.25, -0.2) is 0 Å². The molecule has 1 aromatic rings. The summed E-state index contributed by atoms with van der Waals surface area (Å²) in [6.45, 7) is 8.12. The van der Waals surface area contributed by atoms with E-state index in [1.807, 2.05) is 0 Å². The molecule has 0 bridgehead atoms. The maximum Gasteiger partial charge on any atom is 0.0713 e. The Morgan fingerprint density at radius 3 is 2.07 bits per heavy atom. The molecule has 2 heteroatoms. The zero-order chi connectivity index (χ0) is 11.3. The molecule has 0 aromatic heterocycles. The Morgan fingerprint density at radius 1 is 1.07 bits per heavy atom. The van der Waals surface area contributed by atoms with Gasteiger partial charge in [0.05, 0.1) is 6.61 Å². The number of rotatable bonds is 4. The molecule has 1 N–H and O–H groups in total. The lowest BCUT2D eigenvalue weighted by atomic mass is 10.1. The van der Waals surface area contributed by atoms with Crippen LogP contribution in [-0.2, 0) is 17.9 Å². The fraction of sp³-hybridized carbons (Fsp3) is 0.538. The van der Waals surface area contributed by atoms with Gasteiger partial charge in [0.1, 0.15) is 0 Å². The molecular formula is C13H21NO. The third-order valence-electron chi connectivity index (χ3n) is 2.16. The summed E-state index contributed by atoms with van der Waals surface area (Å²) in [5, 5.41) is 3.46. The molecule has 0 heterocycles. The number of benzene rings is 1. The summed E-state index contributed by atoms with van der Waals surface area (Å²) in [4.78, 5) is 0. The van der Waals surface area contributed by atoms with Gasteiger partial charge >= 0.3 is 0 Å². The fourth-order valence-corrected chi connectivity index (χ4v) is 1.29. The van der Waals surface area contributed by atoms with Crippen LogP contribution >= 0.6 is 0 Å². The number of nitrogens with one attached hydrogen (secondary N) is 1. The van der Waals surface area contributed by atoms with Crippen LogP contribution in [0.5, 0.6) is 0 Å². The molecule has 0 aliphatic heterocycles. The highest BCUT2D eigenvalue weighted by molar-refractivity contribution is 5.22. The first kappa shape index (κ1) is 12.2. The molecule has 1 aromatic carbocycles. The van der Waals surface area contributed by atoms with Crippen molar-refractivity contribution < 1.29 is 4.74 Å². The summed E-state index contributed by atoms with van der Waals surface area (Å²) >= 11 is 0. The number of hydrogen-bond acceptors (Lipinski definition) is 2. The van der Waals surface area contributed by atoms with Gasteiger partial charge in [0.25, 0.3) is 0 Å². The maximum absolute atomic E-state index is 5.07. The van der Waals surface area contributed by atoms with Gasteiger partial charge in [0, 0.05) is 19.2 Å². The molecular weight excluding hydrogens is 186 g/mol. The zero-order valence-corrected chi connectivity index (χ0v) is 10.1. The Morgan fingerprint density at radius 2 is 1.60 bits per heavy atom. The summed E-state index contributed by atoms with van der Waals surface area (Å²) in [5.41, 5.74) is 2.70. The molecule has 2 nitrogen and oxygen atoms in total. The Bertz CT molecular complexity index is 284. The molecule has 0 radical (unpaired) electrons. The van der Waals surface area contributed by atoms with E-state index >= 15 is 0 Å². The largest absolute Gasteiger partial charge is 0.380 e. The lowest BCUT2D eigenvalue weighted by Gasteiger charge is -2.20. The zero-order valence-electron chi connectivity index (χ0n) is 10.1. The van der Waals surface area contributed by atoms with Crippen molar-refractivity contribution in [3.8, 4) is 0 Å². The molecule has 84 valence electrons. The van der Waals surface area contributed by atoms with Gasteiger partial charge in [-0.15, -0.1) is 0 Å². The van der Waals surface area contributed by atoms with E-state index in [0.717, 1.165) is 6.54 Å². The predicted octanol–water partition coefficient (Wildman–Crippen LogP) is 2.72. The Hall–Kier alpha value is -0.860. The van der Waals surface area contributed by atoms with E-state index in [2.05, 4.69) is 50.4 Å². The van der Waals surface area contributed by atoms with Crippen molar-refractivity contribution in [2.75, 3.05) is 7.11 Å². The lowest BCUT2D eigenvalue weighted by molar-refractivity contribution is 0.185. The van der Waals surface area contributed by atoms with Gasteiger partial charge < -0.3 is 10.1 Å². The molecule has 0 fully saturated rings. The average molecular weight is 207 g/mol. The van der Waals surface area contributed by atoms with Gasteiger partial charge in [-0.05, 0) is 31.9 Å². The first-order chi connectivity index (χ1) is 7.01. The Balaban J connectivity index is 2.50. The fourth-order valence-electron chi connectivity index (χ4n) is 1.29. The smallest absolute Gasteiger partial charge is 0.0713 e. The van der Waals surface area contributed by atoms with Crippen molar-refractivity contribution in [1.82, 2.24) is 5.32 Å². The summed E-state index contributed by atoms with van der Waals surface area (Å²) in [7, 11) is 1.72. The summed E-state index contributed by atoms with van der Waals surface area (Å²) in [6.07, 6.45) is 0. The van der Waals surface area contributed by atoms with Gasteiger partial charge in [-0.1, -0.05) is 24.3 Å². The van der Waals surface area contributed by atoms with Crippen LogP contribution in [0.15, 0.2) is 24.3 Å². The molecule has 0 spiro atoms. The van der Waals surface area contributed by atoms with Crippen molar-refractivity contribution >= 4 is 0 Å². The highest BCUT2D eigenvalue weighted by atomic mass is 16.5. The van der Waals surface area contributed by atoms with E-state index < -0.39 is 0 Å². The van der Waals surface area contributed by atoms with E-state index in [4.69, 9.17) is 4.74 Å². The van der Waals surface area contributed by atoms with Crippen LogP contribution in [-0.4, -0.2) is 12.6 Å². The van der Waals surface area contributed by atoms with E-state index in [0.29, 0.717) is 6.61 Å². The average Bonchev–Trinajstić information content (AvgIpc) is 2.16. The van der Waals surface area contributed by atoms with Gasteiger partial charge in [0.15, 0.2) is 0 Å². The maximum atomic E-state index is 5.07. The minimum atomic E-state index is 0.172. The van der Waals surface area contributed by atoms with Crippen molar-refractivity contribution in [2.45, 2.75) is 39.5 Å². The minimum Gasteiger partial charge on any atom is -0.380 e. The third kappa shape index (κ3) is 4.96. The Labute approximate surface area is 92.6 Å². The van der Waals surface area contributed by atoms with Gasteiger partial charge in [0.2, 0.25) is 0 Å². The third-order valence-corrected chi connectivity index (χ3v) is 2.16. The minimum absolute atomic E-state index is 0.172. The standard InChI is InChI=1S/C13H21NO/c1-13(2,3)14-9-11-5-7-12(8-6-11)10-15-4/h5-8,14H,9-10H2,1-4H3. The van der Waals surface area contributed by atoms with Crippen molar-refractivity contribution in [3.63, 3.8) is 0 Å². The first-order valence-corrected chi connectivity index (χ1v) is 5.33.